The van der Waals surface area contributed by atoms with Crippen molar-refractivity contribution in [1.29, 1.82) is 0 Å². The molecule has 1 aromatic rings. The molecule has 0 fully saturated rings. The highest BCUT2D eigenvalue weighted by atomic mass is 16.6. The minimum Gasteiger partial charge on any atom is -0.383 e. The van der Waals surface area contributed by atoms with Crippen LogP contribution in [0.2, 0.25) is 0 Å². The van der Waals surface area contributed by atoms with Crippen LogP contribution in [0.4, 0.5) is 17.3 Å². The van der Waals surface area contributed by atoms with Crippen molar-refractivity contribution in [2.75, 3.05) is 31.3 Å². The summed E-state index contributed by atoms with van der Waals surface area (Å²) in [6.07, 6.45) is 1.08. The summed E-state index contributed by atoms with van der Waals surface area (Å²) in [5.74, 6) is -0.704. The lowest BCUT2D eigenvalue weighted by Crippen LogP contribution is -2.39. The number of carbonyl (C=O) groups excluding carboxylic acids is 1. The molecular formula is C10H16N6O4. The average Bonchev–Trinajstić information content (AvgIpc) is 2.38. The quantitative estimate of drug-likeness (QED) is 0.346. The van der Waals surface area contributed by atoms with Gasteiger partial charge in [0, 0.05) is 13.7 Å². The monoisotopic (exact) mass is 284 g/mol. The van der Waals surface area contributed by atoms with Gasteiger partial charge in [0.15, 0.2) is 0 Å². The van der Waals surface area contributed by atoms with E-state index in [1.807, 2.05) is 0 Å². The number of aromatic nitrogens is 2. The van der Waals surface area contributed by atoms with Gasteiger partial charge in [-0.15, -0.1) is 0 Å². The number of nitro groups is 1. The Labute approximate surface area is 114 Å². The van der Waals surface area contributed by atoms with Crippen LogP contribution in [-0.4, -0.2) is 47.1 Å². The zero-order valence-electron chi connectivity index (χ0n) is 11.1. The summed E-state index contributed by atoms with van der Waals surface area (Å²) in [6.45, 7) is 2.26. The first-order valence-electron chi connectivity index (χ1n) is 5.75. The minimum absolute atomic E-state index is 0.100. The molecule has 1 unspecified atom stereocenters. The van der Waals surface area contributed by atoms with Crippen LogP contribution < -0.4 is 16.4 Å². The van der Waals surface area contributed by atoms with Crippen LogP contribution >= 0.6 is 0 Å². The van der Waals surface area contributed by atoms with Gasteiger partial charge in [-0.05, 0) is 6.92 Å². The molecule has 10 heteroatoms. The SMILES string of the molecule is COCCNC(=O)C(C)Nc1ncnc(N)c1[N+](=O)[O-]. The Morgan fingerprint density at radius 1 is 1.60 bits per heavy atom. The van der Waals surface area contributed by atoms with E-state index in [1.54, 1.807) is 6.92 Å². The van der Waals surface area contributed by atoms with Crippen molar-refractivity contribution in [3.05, 3.63) is 16.4 Å². The molecule has 1 heterocycles. The summed E-state index contributed by atoms with van der Waals surface area (Å²) in [4.78, 5) is 29.2. The molecule has 1 atom stereocenters. The molecule has 1 aromatic heterocycles. The maximum atomic E-state index is 11.7. The molecule has 1 rings (SSSR count). The van der Waals surface area contributed by atoms with Crippen LogP contribution in [0.15, 0.2) is 6.33 Å². The lowest BCUT2D eigenvalue weighted by Gasteiger charge is -2.14. The number of methoxy groups -OCH3 is 1. The summed E-state index contributed by atoms with van der Waals surface area (Å²) < 4.78 is 4.79. The van der Waals surface area contributed by atoms with Crippen molar-refractivity contribution >= 4 is 23.2 Å². The lowest BCUT2D eigenvalue weighted by molar-refractivity contribution is -0.383. The van der Waals surface area contributed by atoms with Crippen molar-refractivity contribution in [3.8, 4) is 0 Å². The maximum Gasteiger partial charge on any atom is 0.353 e. The van der Waals surface area contributed by atoms with Gasteiger partial charge in [0.25, 0.3) is 0 Å². The van der Waals surface area contributed by atoms with Crippen molar-refractivity contribution in [2.45, 2.75) is 13.0 Å². The second-order valence-electron chi connectivity index (χ2n) is 3.86. The zero-order valence-corrected chi connectivity index (χ0v) is 11.1. The first-order chi connectivity index (χ1) is 9.47. The van der Waals surface area contributed by atoms with E-state index in [9.17, 15) is 14.9 Å². The van der Waals surface area contributed by atoms with Gasteiger partial charge in [-0.1, -0.05) is 0 Å². The molecule has 0 radical (unpaired) electrons. The Kier molecular flexibility index (Phi) is 5.59. The van der Waals surface area contributed by atoms with E-state index >= 15 is 0 Å². The number of nitrogen functional groups attached to an aromatic ring is 1. The third kappa shape index (κ3) is 4.02. The Morgan fingerprint density at radius 3 is 2.90 bits per heavy atom. The molecule has 0 bridgehead atoms. The fourth-order valence-corrected chi connectivity index (χ4v) is 1.38. The summed E-state index contributed by atoms with van der Waals surface area (Å²) in [5, 5.41) is 16.1. The number of hydrogen-bond acceptors (Lipinski definition) is 8. The molecule has 110 valence electrons. The van der Waals surface area contributed by atoms with Crippen LogP contribution in [0.5, 0.6) is 0 Å². The van der Waals surface area contributed by atoms with E-state index in [0.29, 0.717) is 13.2 Å². The first-order valence-corrected chi connectivity index (χ1v) is 5.75. The largest absolute Gasteiger partial charge is 0.383 e. The molecule has 10 nitrogen and oxygen atoms in total. The molecular weight excluding hydrogens is 268 g/mol. The molecule has 0 aliphatic rings. The minimum atomic E-state index is -0.722. The summed E-state index contributed by atoms with van der Waals surface area (Å²) in [5.41, 5.74) is 4.97. The Bertz CT molecular complexity index is 495. The van der Waals surface area contributed by atoms with Crippen LogP contribution in [0.3, 0.4) is 0 Å². The average molecular weight is 284 g/mol. The number of anilines is 2. The molecule has 0 saturated heterocycles. The Hall–Kier alpha value is -2.49. The fraction of sp³-hybridized carbons (Fsp3) is 0.500. The van der Waals surface area contributed by atoms with Crippen LogP contribution in [-0.2, 0) is 9.53 Å². The first kappa shape index (κ1) is 15.6. The predicted octanol–water partition coefficient (Wildman–Crippen LogP) is -0.470. The van der Waals surface area contributed by atoms with E-state index in [0.717, 1.165) is 6.33 Å². The number of nitrogens with one attached hydrogen (secondary N) is 2. The van der Waals surface area contributed by atoms with Crippen molar-refractivity contribution in [3.63, 3.8) is 0 Å². The van der Waals surface area contributed by atoms with E-state index in [-0.39, 0.29) is 17.5 Å². The maximum absolute atomic E-state index is 11.7. The molecule has 0 aliphatic carbocycles. The number of hydrogen-bond donors (Lipinski definition) is 3. The smallest absolute Gasteiger partial charge is 0.353 e. The second-order valence-corrected chi connectivity index (χ2v) is 3.86. The van der Waals surface area contributed by atoms with Gasteiger partial charge in [0.1, 0.15) is 12.4 Å². The van der Waals surface area contributed by atoms with Crippen molar-refractivity contribution in [1.82, 2.24) is 15.3 Å². The lowest BCUT2D eigenvalue weighted by atomic mass is 10.3. The van der Waals surface area contributed by atoms with Gasteiger partial charge in [0.2, 0.25) is 17.5 Å². The van der Waals surface area contributed by atoms with Crippen LogP contribution in [0.25, 0.3) is 0 Å². The third-order valence-electron chi connectivity index (χ3n) is 2.39. The molecule has 20 heavy (non-hydrogen) atoms. The molecule has 1 amide bonds. The van der Waals surface area contributed by atoms with Crippen LogP contribution in [0, 0.1) is 10.1 Å². The van der Waals surface area contributed by atoms with Crippen molar-refractivity contribution < 1.29 is 14.5 Å². The number of nitrogens with two attached hydrogens (primary N) is 1. The summed E-state index contributed by atoms with van der Waals surface area (Å²) in [7, 11) is 1.51. The number of ether oxygens (including phenoxy) is 1. The van der Waals surface area contributed by atoms with Gasteiger partial charge in [-0.2, -0.15) is 0 Å². The number of nitrogens with zero attached hydrogens (tertiary/aromatic N) is 3. The number of carbonyl (C=O) groups is 1. The van der Waals surface area contributed by atoms with Gasteiger partial charge < -0.3 is 21.1 Å². The highest BCUT2D eigenvalue weighted by Crippen LogP contribution is 2.26. The van der Waals surface area contributed by atoms with Gasteiger partial charge in [-0.25, -0.2) is 9.97 Å². The van der Waals surface area contributed by atoms with E-state index in [1.165, 1.54) is 7.11 Å². The zero-order chi connectivity index (χ0) is 15.1. The fourth-order valence-electron chi connectivity index (χ4n) is 1.38. The number of amides is 1. The van der Waals surface area contributed by atoms with E-state index in [4.69, 9.17) is 10.5 Å². The normalized spacial score (nSPS) is 11.7. The molecule has 0 saturated carbocycles. The molecule has 0 aromatic carbocycles. The van der Waals surface area contributed by atoms with E-state index < -0.39 is 16.7 Å². The highest BCUT2D eigenvalue weighted by molar-refractivity contribution is 5.85. The summed E-state index contributed by atoms with van der Waals surface area (Å²) >= 11 is 0. The summed E-state index contributed by atoms with van der Waals surface area (Å²) in [6, 6.07) is -0.722. The predicted molar refractivity (Wildman–Crippen MR) is 71.1 cm³/mol. The van der Waals surface area contributed by atoms with Gasteiger partial charge >= 0.3 is 5.69 Å². The Balaban J connectivity index is 2.75. The van der Waals surface area contributed by atoms with E-state index in [2.05, 4.69) is 20.6 Å². The molecule has 0 spiro atoms. The second kappa shape index (κ2) is 7.19. The molecule has 4 N–H and O–H groups in total. The topological polar surface area (TPSA) is 145 Å². The van der Waals surface area contributed by atoms with Gasteiger partial charge in [-0.3, -0.25) is 14.9 Å². The highest BCUT2D eigenvalue weighted by Gasteiger charge is 2.23. The van der Waals surface area contributed by atoms with Crippen LogP contribution in [0.1, 0.15) is 6.92 Å². The number of rotatable bonds is 7. The van der Waals surface area contributed by atoms with Crippen molar-refractivity contribution in [2.24, 2.45) is 0 Å². The Morgan fingerprint density at radius 2 is 2.30 bits per heavy atom. The standard InChI is InChI=1S/C10H16N6O4/c1-6(10(17)12-3-4-20-2)15-9-7(16(18)19)8(11)13-5-14-9/h5-6H,3-4H2,1-2H3,(H,12,17)(H3,11,13,14,15). The third-order valence-corrected chi connectivity index (χ3v) is 2.39. The molecule has 0 aliphatic heterocycles. The van der Waals surface area contributed by atoms with Gasteiger partial charge in [0.05, 0.1) is 11.5 Å².